The van der Waals surface area contributed by atoms with Crippen LogP contribution in [0.15, 0.2) is 36.4 Å². The fourth-order valence-corrected chi connectivity index (χ4v) is 4.14. The summed E-state index contributed by atoms with van der Waals surface area (Å²) < 4.78 is 11.2. The van der Waals surface area contributed by atoms with Crippen molar-refractivity contribution in [1.82, 2.24) is 0 Å². The van der Waals surface area contributed by atoms with Crippen LogP contribution in [0.2, 0.25) is 0 Å². The number of carboxylic acid groups (broad SMARTS) is 1. The lowest BCUT2D eigenvalue weighted by Crippen LogP contribution is -2.19. The Hall–Kier alpha value is -2.95. The number of phenolic OH excluding ortho intramolecular Hbond substituents is 1. The second-order valence-corrected chi connectivity index (χ2v) is 10.7. The highest BCUT2D eigenvalue weighted by molar-refractivity contribution is 5.86. The quantitative estimate of drug-likeness (QED) is 0.478. The summed E-state index contributed by atoms with van der Waals surface area (Å²) in [6.45, 7) is 18.2. The Bertz CT molecular complexity index is 1050. The summed E-state index contributed by atoms with van der Waals surface area (Å²) in [6, 6.07) is 7.61. The van der Waals surface area contributed by atoms with E-state index < -0.39 is 5.97 Å². The second kappa shape index (κ2) is 9.50. The Morgan fingerprint density at radius 3 is 1.79 bits per heavy atom. The van der Waals surface area contributed by atoms with Crippen LogP contribution < -0.4 is 9.47 Å². The van der Waals surface area contributed by atoms with Gasteiger partial charge in [-0.3, -0.25) is 0 Å². The Morgan fingerprint density at radius 2 is 1.36 bits per heavy atom. The predicted molar refractivity (Wildman–Crippen MR) is 133 cm³/mol. The summed E-state index contributed by atoms with van der Waals surface area (Å²) >= 11 is 0. The fourth-order valence-electron chi connectivity index (χ4n) is 4.14. The van der Waals surface area contributed by atoms with Crippen molar-refractivity contribution in [2.24, 2.45) is 0 Å². The molecule has 0 aliphatic rings. The van der Waals surface area contributed by atoms with Crippen LogP contribution >= 0.6 is 0 Å². The lowest BCUT2D eigenvalue weighted by atomic mass is 9.76. The molecule has 180 valence electrons. The first kappa shape index (κ1) is 26.3. The summed E-state index contributed by atoms with van der Waals surface area (Å²) in [5, 5.41) is 20.8. The topological polar surface area (TPSA) is 76.0 Å². The number of ether oxygens (including phenoxy) is 2. The number of carbonyl (C=O) groups is 1. The highest BCUT2D eigenvalue weighted by Crippen LogP contribution is 2.44. The third-order valence-corrected chi connectivity index (χ3v) is 6.08. The normalized spacial score (nSPS) is 12.9. The van der Waals surface area contributed by atoms with Crippen LogP contribution in [0.1, 0.15) is 82.2 Å². The average Bonchev–Trinajstić information content (AvgIpc) is 2.71. The number of hydrogen-bond donors (Lipinski definition) is 2. The van der Waals surface area contributed by atoms with Gasteiger partial charge >= 0.3 is 5.97 Å². The van der Waals surface area contributed by atoms with Gasteiger partial charge in [0.25, 0.3) is 0 Å². The van der Waals surface area contributed by atoms with E-state index in [1.807, 2.05) is 52.0 Å². The first-order valence-electron chi connectivity index (χ1n) is 11.2. The standard InChI is InChI=1S/C28H38O5/c1-16(26(30)31)11-22-20(12-18(32-9)14-23(22)27(3,4)5)17(2)21-13-19(33-10)15-24(25(21)29)28(6,7)8/h12-15,17,29H,1,11H2,2-10H3,(H,30,31). The first-order chi connectivity index (χ1) is 15.1. The van der Waals surface area contributed by atoms with Crippen molar-refractivity contribution in [2.45, 2.75) is 71.6 Å². The molecular formula is C28H38O5. The molecule has 1 atom stereocenters. The van der Waals surface area contributed by atoms with Crippen molar-refractivity contribution in [1.29, 1.82) is 0 Å². The third kappa shape index (κ3) is 5.70. The highest BCUT2D eigenvalue weighted by Gasteiger charge is 2.29. The van der Waals surface area contributed by atoms with Gasteiger partial charge in [0.05, 0.1) is 14.2 Å². The molecular weight excluding hydrogens is 416 g/mol. The summed E-state index contributed by atoms with van der Waals surface area (Å²) in [4.78, 5) is 11.7. The lowest BCUT2D eigenvalue weighted by molar-refractivity contribution is -0.132. The molecule has 33 heavy (non-hydrogen) atoms. The molecule has 0 aromatic heterocycles. The largest absolute Gasteiger partial charge is 0.507 e. The monoisotopic (exact) mass is 454 g/mol. The van der Waals surface area contributed by atoms with Crippen LogP contribution in [0.25, 0.3) is 0 Å². The Morgan fingerprint density at radius 1 is 0.909 bits per heavy atom. The van der Waals surface area contributed by atoms with E-state index in [1.165, 1.54) is 0 Å². The van der Waals surface area contributed by atoms with E-state index in [-0.39, 0.29) is 34.5 Å². The fraction of sp³-hybridized carbons (Fsp3) is 0.464. The van der Waals surface area contributed by atoms with E-state index in [9.17, 15) is 15.0 Å². The Kier molecular flexibility index (Phi) is 7.57. The molecule has 0 aliphatic heterocycles. The number of hydrogen-bond acceptors (Lipinski definition) is 4. The Labute approximate surface area is 198 Å². The maximum atomic E-state index is 11.7. The van der Waals surface area contributed by atoms with Crippen molar-refractivity contribution in [3.8, 4) is 17.2 Å². The molecule has 2 aromatic rings. The molecule has 2 N–H and O–H groups in total. The van der Waals surface area contributed by atoms with Gasteiger partial charge in [-0.15, -0.1) is 0 Å². The van der Waals surface area contributed by atoms with Gasteiger partial charge in [-0.05, 0) is 51.8 Å². The van der Waals surface area contributed by atoms with Crippen molar-refractivity contribution in [2.75, 3.05) is 14.2 Å². The van der Waals surface area contributed by atoms with Crippen molar-refractivity contribution in [3.63, 3.8) is 0 Å². The predicted octanol–water partition coefficient (Wildman–Crippen LogP) is 6.34. The SMILES string of the molecule is C=C(Cc1c(C(C)c2cc(OC)cc(C(C)(C)C)c2O)cc(OC)cc1C(C)(C)C)C(=O)O. The molecule has 0 aliphatic carbocycles. The van der Waals surface area contributed by atoms with Gasteiger partial charge in [0.1, 0.15) is 17.2 Å². The number of benzene rings is 2. The lowest BCUT2D eigenvalue weighted by Gasteiger charge is -2.30. The van der Waals surface area contributed by atoms with E-state index in [1.54, 1.807) is 14.2 Å². The van der Waals surface area contributed by atoms with Gasteiger partial charge in [0.15, 0.2) is 0 Å². The first-order valence-corrected chi connectivity index (χ1v) is 11.2. The number of phenols is 1. The number of aliphatic carboxylic acids is 1. The minimum absolute atomic E-state index is 0.115. The van der Waals surface area contributed by atoms with Crippen LogP contribution in [-0.4, -0.2) is 30.4 Å². The molecule has 0 saturated heterocycles. The second-order valence-electron chi connectivity index (χ2n) is 10.7. The maximum Gasteiger partial charge on any atom is 0.331 e. The van der Waals surface area contributed by atoms with Gasteiger partial charge in [-0.2, -0.15) is 0 Å². The van der Waals surface area contributed by atoms with Gasteiger partial charge < -0.3 is 19.7 Å². The van der Waals surface area contributed by atoms with Crippen molar-refractivity contribution >= 4 is 5.97 Å². The smallest absolute Gasteiger partial charge is 0.331 e. The van der Waals surface area contributed by atoms with Crippen LogP contribution in [0.4, 0.5) is 0 Å². The molecule has 5 nitrogen and oxygen atoms in total. The molecule has 0 bridgehead atoms. The zero-order valence-corrected chi connectivity index (χ0v) is 21.4. The minimum Gasteiger partial charge on any atom is -0.507 e. The van der Waals surface area contributed by atoms with Crippen LogP contribution in [0, 0.1) is 0 Å². The van der Waals surface area contributed by atoms with Crippen molar-refractivity contribution in [3.05, 3.63) is 64.2 Å². The van der Waals surface area contributed by atoms with E-state index in [0.29, 0.717) is 11.5 Å². The molecule has 1 unspecified atom stereocenters. The zero-order chi connectivity index (χ0) is 25.3. The number of rotatable bonds is 7. The van der Waals surface area contributed by atoms with Gasteiger partial charge in [0.2, 0.25) is 0 Å². The van der Waals surface area contributed by atoms with Gasteiger partial charge in [0, 0.05) is 29.0 Å². The molecule has 0 spiro atoms. The summed E-state index contributed by atoms with van der Waals surface area (Å²) in [7, 11) is 3.23. The summed E-state index contributed by atoms with van der Waals surface area (Å²) in [5.74, 6) is 0.288. The van der Waals surface area contributed by atoms with Crippen LogP contribution in [-0.2, 0) is 22.0 Å². The number of carboxylic acids is 1. The molecule has 0 fully saturated rings. The maximum absolute atomic E-state index is 11.7. The summed E-state index contributed by atoms with van der Waals surface area (Å²) in [6.07, 6.45) is 0.197. The molecule has 0 amide bonds. The van der Waals surface area contributed by atoms with Crippen molar-refractivity contribution < 1.29 is 24.5 Å². The Balaban J connectivity index is 2.88. The van der Waals surface area contributed by atoms with E-state index in [0.717, 1.165) is 27.8 Å². The molecule has 0 radical (unpaired) electrons. The minimum atomic E-state index is -1.02. The third-order valence-electron chi connectivity index (χ3n) is 6.08. The van der Waals surface area contributed by atoms with E-state index in [2.05, 4.69) is 27.4 Å². The number of methoxy groups -OCH3 is 2. The molecule has 0 saturated carbocycles. The molecule has 2 aromatic carbocycles. The molecule has 0 heterocycles. The van der Waals surface area contributed by atoms with E-state index >= 15 is 0 Å². The molecule has 2 rings (SSSR count). The summed E-state index contributed by atoms with van der Waals surface area (Å²) in [5.41, 5.74) is 3.85. The van der Waals surface area contributed by atoms with Crippen LogP contribution in [0.5, 0.6) is 17.2 Å². The highest BCUT2D eigenvalue weighted by atomic mass is 16.5. The average molecular weight is 455 g/mol. The number of aromatic hydroxyl groups is 1. The van der Waals surface area contributed by atoms with E-state index in [4.69, 9.17) is 9.47 Å². The molecule has 5 heteroatoms. The van der Waals surface area contributed by atoms with Crippen LogP contribution in [0.3, 0.4) is 0 Å². The van der Waals surface area contributed by atoms with Gasteiger partial charge in [-0.25, -0.2) is 4.79 Å². The van der Waals surface area contributed by atoms with Gasteiger partial charge in [-0.1, -0.05) is 55.0 Å². The zero-order valence-electron chi connectivity index (χ0n) is 21.4.